The van der Waals surface area contributed by atoms with Gasteiger partial charge < -0.3 is 15.9 Å². The first-order valence-electron chi connectivity index (χ1n) is 8.51. The number of nitrogen functional groups attached to an aromatic ring is 1. The Balaban J connectivity index is 1.61. The zero-order chi connectivity index (χ0) is 20.1. The normalized spacial score (nSPS) is 11.8. The number of methoxy groups -OCH3 is 1. The van der Waals surface area contributed by atoms with Gasteiger partial charge in [0, 0.05) is 10.6 Å². The second-order valence-electron chi connectivity index (χ2n) is 6.00. The first kappa shape index (κ1) is 20.0. The molecule has 0 saturated heterocycles. The fourth-order valence-corrected chi connectivity index (χ4v) is 3.60. The highest BCUT2D eigenvalue weighted by molar-refractivity contribution is 7.99. The third-order valence-corrected chi connectivity index (χ3v) is 5.38. The summed E-state index contributed by atoms with van der Waals surface area (Å²) in [6.07, 6.45) is 0. The molecule has 2 aromatic carbocycles. The molecular weight excluding hydrogens is 398 g/mol. The minimum absolute atomic E-state index is 0.147. The van der Waals surface area contributed by atoms with Crippen molar-refractivity contribution in [2.24, 2.45) is 0 Å². The van der Waals surface area contributed by atoms with E-state index in [4.69, 9.17) is 22.2 Å². The van der Waals surface area contributed by atoms with Crippen LogP contribution in [-0.2, 0) is 4.79 Å². The third-order valence-electron chi connectivity index (χ3n) is 4.09. The number of carbonyl (C=O) groups is 1. The molecule has 9 heteroatoms. The SMILES string of the molecule is COc1ccc(-c2nnc(SCC(=O)N[C@H](C)c3ccccc3Cl)n2N)cc1. The lowest BCUT2D eigenvalue weighted by Gasteiger charge is -2.15. The van der Waals surface area contributed by atoms with Gasteiger partial charge in [-0.15, -0.1) is 10.2 Å². The maximum absolute atomic E-state index is 12.3. The molecular formula is C19H20ClN5O2S. The van der Waals surface area contributed by atoms with Crippen molar-refractivity contribution in [1.82, 2.24) is 20.2 Å². The number of ether oxygens (including phenoxy) is 1. The van der Waals surface area contributed by atoms with Gasteiger partial charge in [0.05, 0.1) is 18.9 Å². The lowest BCUT2D eigenvalue weighted by atomic mass is 10.1. The van der Waals surface area contributed by atoms with Gasteiger partial charge in [-0.3, -0.25) is 4.79 Å². The van der Waals surface area contributed by atoms with Crippen LogP contribution in [0.2, 0.25) is 5.02 Å². The number of hydrogen-bond acceptors (Lipinski definition) is 6. The van der Waals surface area contributed by atoms with E-state index in [0.29, 0.717) is 16.0 Å². The maximum Gasteiger partial charge on any atom is 0.230 e. The minimum atomic E-state index is -0.201. The van der Waals surface area contributed by atoms with Gasteiger partial charge in [0.1, 0.15) is 5.75 Å². The summed E-state index contributed by atoms with van der Waals surface area (Å²) in [6, 6.07) is 14.6. The van der Waals surface area contributed by atoms with Gasteiger partial charge in [0.2, 0.25) is 11.1 Å². The third kappa shape index (κ3) is 4.58. The summed E-state index contributed by atoms with van der Waals surface area (Å²) < 4.78 is 6.52. The molecule has 7 nitrogen and oxygen atoms in total. The minimum Gasteiger partial charge on any atom is -0.497 e. The van der Waals surface area contributed by atoms with Crippen LogP contribution in [0.25, 0.3) is 11.4 Å². The molecule has 1 amide bonds. The Bertz CT molecular complexity index is 961. The molecule has 0 aliphatic rings. The summed E-state index contributed by atoms with van der Waals surface area (Å²) in [5, 5.41) is 12.2. The van der Waals surface area contributed by atoms with E-state index < -0.39 is 0 Å². The first-order valence-corrected chi connectivity index (χ1v) is 9.87. The molecule has 0 unspecified atom stereocenters. The van der Waals surface area contributed by atoms with Crippen LogP contribution < -0.4 is 15.9 Å². The second kappa shape index (κ2) is 8.99. The van der Waals surface area contributed by atoms with Crippen LogP contribution in [-0.4, -0.2) is 33.6 Å². The molecule has 0 spiro atoms. The highest BCUT2D eigenvalue weighted by atomic mass is 35.5. The van der Waals surface area contributed by atoms with Crippen LogP contribution in [0.15, 0.2) is 53.7 Å². The van der Waals surface area contributed by atoms with Crippen molar-refractivity contribution in [2.75, 3.05) is 18.7 Å². The number of rotatable bonds is 7. The van der Waals surface area contributed by atoms with E-state index in [-0.39, 0.29) is 17.7 Å². The molecule has 0 radical (unpaired) electrons. The van der Waals surface area contributed by atoms with E-state index in [1.54, 1.807) is 13.2 Å². The molecule has 0 fully saturated rings. The summed E-state index contributed by atoms with van der Waals surface area (Å²) in [7, 11) is 1.60. The number of nitrogens with zero attached hydrogens (tertiary/aromatic N) is 3. The van der Waals surface area contributed by atoms with Gasteiger partial charge in [-0.2, -0.15) is 0 Å². The van der Waals surface area contributed by atoms with Gasteiger partial charge in [-0.1, -0.05) is 41.6 Å². The number of benzene rings is 2. The Kier molecular flexibility index (Phi) is 6.43. The molecule has 1 atom stereocenters. The van der Waals surface area contributed by atoms with Gasteiger partial charge >= 0.3 is 0 Å². The zero-order valence-electron chi connectivity index (χ0n) is 15.4. The monoisotopic (exact) mass is 417 g/mol. The van der Waals surface area contributed by atoms with Crippen molar-refractivity contribution < 1.29 is 9.53 Å². The summed E-state index contributed by atoms with van der Waals surface area (Å²) in [4.78, 5) is 12.3. The van der Waals surface area contributed by atoms with Gasteiger partial charge in [0.25, 0.3) is 0 Å². The number of thioether (sulfide) groups is 1. The molecule has 1 heterocycles. The summed E-state index contributed by atoms with van der Waals surface area (Å²) in [6.45, 7) is 1.89. The molecule has 0 saturated carbocycles. The number of aromatic nitrogens is 3. The van der Waals surface area contributed by atoms with E-state index in [9.17, 15) is 4.79 Å². The molecule has 28 heavy (non-hydrogen) atoms. The van der Waals surface area contributed by atoms with Crippen LogP contribution in [0.4, 0.5) is 0 Å². The van der Waals surface area contributed by atoms with Crippen molar-refractivity contribution in [3.05, 3.63) is 59.1 Å². The van der Waals surface area contributed by atoms with Crippen LogP contribution >= 0.6 is 23.4 Å². The van der Waals surface area contributed by atoms with Crippen molar-refractivity contribution >= 4 is 29.3 Å². The lowest BCUT2D eigenvalue weighted by molar-refractivity contribution is -0.119. The maximum atomic E-state index is 12.3. The number of carbonyl (C=O) groups excluding carboxylic acids is 1. The number of nitrogens with one attached hydrogen (secondary N) is 1. The number of amides is 1. The molecule has 3 N–H and O–H groups in total. The van der Waals surface area contributed by atoms with Crippen molar-refractivity contribution in [3.63, 3.8) is 0 Å². The topological polar surface area (TPSA) is 95.1 Å². The van der Waals surface area contributed by atoms with E-state index in [1.807, 2.05) is 49.4 Å². The van der Waals surface area contributed by atoms with Crippen LogP contribution in [0, 0.1) is 0 Å². The summed E-state index contributed by atoms with van der Waals surface area (Å²) >= 11 is 7.39. The zero-order valence-corrected chi connectivity index (χ0v) is 17.0. The average Bonchev–Trinajstić information content (AvgIpc) is 3.07. The summed E-state index contributed by atoms with van der Waals surface area (Å²) in [5.41, 5.74) is 1.67. The quantitative estimate of drug-likeness (QED) is 0.452. The lowest BCUT2D eigenvalue weighted by Crippen LogP contribution is -2.28. The molecule has 0 aliphatic heterocycles. The number of hydrogen-bond donors (Lipinski definition) is 2. The Morgan fingerprint density at radius 3 is 2.64 bits per heavy atom. The molecule has 3 rings (SSSR count). The molecule has 146 valence electrons. The van der Waals surface area contributed by atoms with E-state index in [2.05, 4.69) is 15.5 Å². The van der Waals surface area contributed by atoms with Gasteiger partial charge in [-0.25, -0.2) is 4.68 Å². The fraction of sp³-hybridized carbons (Fsp3) is 0.211. The summed E-state index contributed by atoms with van der Waals surface area (Å²) in [5.74, 6) is 7.36. The fourth-order valence-electron chi connectivity index (χ4n) is 2.63. The highest BCUT2D eigenvalue weighted by Crippen LogP contribution is 2.24. The Labute approximate surface area is 172 Å². The Hall–Kier alpha value is -2.71. The predicted octanol–water partition coefficient (Wildman–Crippen LogP) is 3.29. The van der Waals surface area contributed by atoms with E-state index >= 15 is 0 Å². The standard InChI is InChI=1S/C19H20ClN5O2S/c1-12(15-5-3-4-6-16(15)20)22-17(26)11-28-19-24-23-18(25(19)21)13-7-9-14(27-2)10-8-13/h3-10,12H,11,21H2,1-2H3,(H,22,26)/t12-/m1/s1. The molecule has 0 aliphatic carbocycles. The van der Waals surface area contributed by atoms with Crippen molar-refractivity contribution in [1.29, 1.82) is 0 Å². The second-order valence-corrected chi connectivity index (χ2v) is 7.35. The smallest absolute Gasteiger partial charge is 0.230 e. The van der Waals surface area contributed by atoms with Crippen LogP contribution in [0.3, 0.4) is 0 Å². The van der Waals surface area contributed by atoms with Crippen LogP contribution in [0.5, 0.6) is 5.75 Å². The highest BCUT2D eigenvalue weighted by Gasteiger charge is 2.16. The van der Waals surface area contributed by atoms with Crippen molar-refractivity contribution in [2.45, 2.75) is 18.1 Å². The largest absolute Gasteiger partial charge is 0.497 e. The van der Waals surface area contributed by atoms with Gasteiger partial charge in [0.15, 0.2) is 5.82 Å². The van der Waals surface area contributed by atoms with Crippen LogP contribution in [0.1, 0.15) is 18.5 Å². The number of nitrogens with two attached hydrogens (primary N) is 1. The number of halogens is 1. The first-order chi connectivity index (χ1) is 13.5. The van der Waals surface area contributed by atoms with E-state index in [1.165, 1.54) is 16.4 Å². The Morgan fingerprint density at radius 2 is 1.96 bits per heavy atom. The van der Waals surface area contributed by atoms with Gasteiger partial charge in [-0.05, 0) is 42.8 Å². The predicted molar refractivity (Wildman–Crippen MR) is 111 cm³/mol. The molecule has 0 bridgehead atoms. The average molecular weight is 418 g/mol. The van der Waals surface area contributed by atoms with E-state index in [0.717, 1.165) is 16.9 Å². The Morgan fingerprint density at radius 1 is 1.25 bits per heavy atom. The van der Waals surface area contributed by atoms with Crippen molar-refractivity contribution in [3.8, 4) is 17.1 Å². The molecule has 1 aromatic heterocycles. The molecule has 3 aromatic rings.